The van der Waals surface area contributed by atoms with E-state index in [1.165, 1.54) is 109 Å². The molecule has 0 aliphatic rings. The predicted molar refractivity (Wildman–Crippen MR) is 199 cm³/mol. The number of carboxylic acids is 1. The molecule has 0 aromatic rings. The van der Waals surface area contributed by atoms with E-state index in [1.807, 2.05) is 6.08 Å². The molecule has 0 saturated heterocycles. The Bertz CT molecular complexity index is 779. The number of esters is 1. The molecule has 0 aromatic carbocycles. The molecule has 0 bridgehead atoms. The lowest BCUT2D eigenvalue weighted by Gasteiger charge is -2.14. The molecule has 0 saturated carbocycles. The van der Waals surface area contributed by atoms with Gasteiger partial charge in [-0.3, -0.25) is 9.59 Å². The maximum atomic E-state index is 12.6. The molecule has 1 N–H and O–H groups in total. The number of ether oxygens (including phenoxy) is 1. The van der Waals surface area contributed by atoms with Gasteiger partial charge in [0.15, 0.2) is 0 Å². The first-order valence-corrected chi connectivity index (χ1v) is 19.6. The average molecular weight is 643 g/mol. The van der Waals surface area contributed by atoms with Crippen LogP contribution in [-0.4, -0.2) is 23.1 Å². The fourth-order valence-electron chi connectivity index (χ4n) is 5.68. The van der Waals surface area contributed by atoms with E-state index in [9.17, 15) is 9.59 Å². The lowest BCUT2D eigenvalue weighted by molar-refractivity contribution is -0.147. The number of rotatable bonds is 35. The van der Waals surface area contributed by atoms with Gasteiger partial charge < -0.3 is 9.84 Å². The first kappa shape index (κ1) is 43.9. The molecule has 46 heavy (non-hydrogen) atoms. The van der Waals surface area contributed by atoms with Gasteiger partial charge in [-0.25, -0.2) is 0 Å². The van der Waals surface area contributed by atoms with Crippen LogP contribution in [-0.2, 0) is 14.3 Å². The standard InChI is InChI=1S/C42H74O4/c1-3-5-7-9-11-13-15-16-17-18-19-20-21-22-24-26-28-30-35-39-42(45)46-40(37-33-31-34-38-41(43)44)36-32-29-27-25-23-14-12-10-8-6-4-2/h6,8,12,14,25,27,32,36,40H,3-5,7,9-11,13,15-24,26,28-31,33-35,37-39H2,1-2H3,(H,43,44)/b8-6-,14-12-,27-25-,36-32-. The number of allylic oxidation sites excluding steroid dienone is 7. The zero-order chi connectivity index (χ0) is 33.6. The molecule has 0 radical (unpaired) electrons. The van der Waals surface area contributed by atoms with Crippen LogP contribution in [0.1, 0.15) is 200 Å². The summed E-state index contributed by atoms with van der Waals surface area (Å²) in [5.74, 6) is -0.855. The van der Waals surface area contributed by atoms with E-state index in [2.05, 4.69) is 56.4 Å². The summed E-state index contributed by atoms with van der Waals surface area (Å²) >= 11 is 0. The number of unbranched alkanes of at least 4 members (excludes halogenated alkanes) is 20. The van der Waals surface area contributed by atoms with E-state index in [1.54, 1.807) is 0 Å². The molecule has 0 aliphatic heterocycles. The van der Waals surface area contributed by atoms with Gasteiger partial charge in [-0.15, -0.1) is 0 Å². The molecule has 0 rings (SSSR count). The molecule has 0 aliphatic carbocycles. The maximum Gasteiger partial charge on any atom is 0.306 e. The van der Waals surface area contributed by atoms with Crippen molar-refractivity contribution in [3.63, 3.8) is 0 Å². The Hall–Kier alpha value is -2.10. The molecule has 1 unspecified atom stereocenters. The SMILES string of the molecule is CC/C=C\C/C=C\C/C=C\C/C=C\C(CCCCCC(=O)O)OC(=O)CCCCCCCCCCCCCCCCCCCCC. The van der Waals surface area contributed by atoms with Crippen LogP contribution in [0, 0.1) is 0 Å². The summed E-state index contributed by atoms with van der Waals surface area (Å²) in [4.78, 5) is 23.3. The third kappa shape index (κ3) is 36.4. The number of carboxylic acid groups (broad SMARTS) is 1. The molecule has 0 amide bonds. The lowest BCUT2D eigenvalue weighted by Crippen LogP contribution is -2.16. The van der Waals surface area contributed by atoms with Crippen molar-refractivity contribution in [1.82, 2.24) is 0 Å². The van der Waals surface area contributed by atoms with Gasteiger partial charge in [-0.1, -0.05) is 178 Å². The molecule has 0 spiro atoms. The van der Waals surface area contributed by atoms with Gasteiger partial charge in [0, 0.05) is 12.8 Å². The summed E-state index contributed by atoms with van der Waals surface area (Å²) < 4.78 is 5.82. The van der Waals surface area contributed by atoms with Crippen molar-refractivity contribution >= 4 is 11.9 Å². The van der Waals surface area contributed by atoms with Crippen molar-refractivity contribution in [2.45, 2.75) is 206 Å². The van der Waals surface area contributed by atoms with Crippen LogP contribution >= 0.6 is 0 Å². The van der Waals surface area contributed by atoms with E-state index in [0.29, 0.717) is 12.8 Å². The molecule has 0 aromatic heterocycles. The fraction of sp³-hybridized carbons (Fsp3) is 0.762. The van der Waals surface area contributed by atoms with E-state index >= 15 is 0 Å². The molecule has 4 nitrogen and oxygen atoms in total. The highest BCUT2D eigenvalue weighted by molar-refractivity contribution is 5.69. The summed E-state index contributed by atoms with van der Waals surface area (Å²) in [6.07, 6.45) is 50.1. The molecular formula is C42H74O4. The first-order valence-electron chi connectivity index (χ1n) is 19.6. The summed E-state index contributed by atoms with van der Waals surface area (Å²) in [6, 6.07) is 0. The Balaban J connectivity index is 3.96. The van der Waals surface area contributed by atoms with Crippen molar-refractivity contribution in [3.05, 3.63) is 48.6 Å². The zero-order valence-electron chi connectivity index (χ0n) is 30.4. The Labute approximate surface area is 285 Å². The Morgan fingerprint density at radius 2 is 0.891 bits per heavy atom. The summed E-state index contributed by atoms with van der Waals surface area (Å²) in [7, 11) is 0. The second-order valence-electron chi connectivity index (χ2n) is 13.1. The van der Waals surface area contributed by atoms with Gasteiger partial charge in [-0.2, -0.15) is 0 Å². The van der Waals surface area contributed by atoms with Crippen LogP contribution in [0.3, 0.4) is 0 Å². The lowest BCUT2D eigenvalue weighted by atomic mass is 10.0. The normalized spacial score (nSPS) is 12.7. The van der Waals surface area contributed by atoms with Crippen LogP contribution in [0.25, 0.3) is 0 Å². The van der Waals surface area contributed by atoms with Crippen LogP contribution in [0.2, 0.25) is 0 Å². The maximum absolute atomic E-state index is 12.6. The highest BCUT2D eigenvalue weighted by atomic mass is 16.5. The third-order valence-corrected chi connectivity index (χ3v) is 8.55. The van der Waals surface area contributed by atoms with Gasteiger partial charge in [0.1, 0.15) is 6.10 Å². The second-order valence-corrected chi connectivity index (χ2v) is 13.1. The monoisotopic (exact) mass is 643 g/mol. The average Bonchev–Trinajstić information content (AvgIpc) is 3.04. The van der Waals surface area contributed by atoms with E-state index in [0.717, 1.165) is 57.8 Å². The summed E-state index contributed by atoms with van der Waals surface area (Å²) in [5.41, 5.74) is 0. The van der Waals surface area contributed by atoms with Crippen LogP contribution in [0.5, 0.6) is 0 Å². The minimum absolute atomic E-state index is 0.107. The molecule has 4 heteroatoms. The Kier molecular flexibility index (Phi) is 35.7. The van der Waals surface area contributed by atoms with E-state index in [-0.39, 0.29) is 18.5 Å². The van der Waals surface area contributed by atoms with Gasteiger partial charge in [0.05, 0.1) is 0 Å². The number of hydrogen-bond acceptors (Lipinski definition) is 3. The van der Waals surface area contributed by atoms with Crippen molar-refractivity contribution in [2.24, 2.45) is 0 Å². The van der Waals surface area contributed by atoms with Crippen molar-refractivity contribution in [1.29, 1.82) is 0 Å². The highest BCUT2D eigenvalue weighted by Crippen LogP contribution is 2.16. The van der Waals surface area contributed by atoms with Crippen molar-refractivity contribution < 1.29 is 19.4 Å². The number of hydrogen-bond donors (Lipinski definition) is 1. The molecule has 0 heterocycles. The molecule has 1 atom stereocenters. The van der Waals surface area contributed by atoms with Gasteiger partial charge in [-0.05, 0) is 57.4 Å². The van der Waals surface area contributed by atoms with Gasteiger partial charge in [0.25, 0.3) is 0 Å². The van der Waals surface area contributed by atoms with Gasteiger partial charge >= 0.3 is 11.9 Å². The zero-order valence-corrected chi connectivity index (χ0v) is 30.4. The molecule has 266 valence electrons. The molecule has 0 fully saturated rings. The largest absolute Gasteiger partial charge is 0.481 e. The quantitative estimate of drug-likeness (QED) is 0.0424. The Morgan fingerprint density at radius 1 is 0.500 bits per heavy atom. The number of aliphatic carboxylic acids is 1. The summed E-state index contributed by atoms with van der Waals surface area (Å²) in [6.45, 7) is 4.43. The minimum atomic E-state index is -0.749. The third-order valence-electron chi connectivity index (χ3n) is 8.55. The van der Waals surface area contributed by atoms with Gasteiger partial charge in [0.2, 0.25) is 0 Å². The second kappa shape index (κ2) is 37.4. The highest BCUT2D eigenvalue weighted by Gasteiger charge is 2.11. The Morgan fingerprint density at radius 3 is 1.35 bits per heavy atom. The van der Waals surface area contributed by atoms with E-state index < -0.39 is 5.97 Å². The van der Waals surface area contributed by atoms with Crippen LogP contribution in [0.4, 0.5) is 0 Å². The first-order chi connectivity index (χ1) is 22.6. The van der Waals surface area contributed by atoms with Crippen LogP contribution < -0.4 is 0 Å². The molecular weight excluding hydrogens is 568 g/mol. The number of carbonyl (C=O) groups is 2. The van der Waals surface area contributed by atoms with Crippen molar-refractivity contribution in [3.8, 4) is 0 Å². The van der Waals surface area contributed by atoms with E-state index in [4.69, 9.17) is 9.84 Å². The minimum Gasteiger partial charge on any atom is -0.481 e. The topological polar surface area (TPSA) is 63.6 Å². The summed E-state index contributed by atoms with van der Waals surface area (Å²) in [5, 5.41) is 8.87. The smallest absolute Gasteiger partial charge is 0.306 e. The van der Waals surface area contributed by atoms with Crippen LogP contribution in [0.15, 0.2) is 48.6 Å². The predicted octanol–water partition coefficient (Wildman–Crippen LogP) is 13.6. The number of carbonyl (C=O) groups excluding carboxylic acids is 1. The fourth-order valence-corrected chi connectivity index (χ4v) is 5.68. The van der Waals surface area contributed by atoms with Crippen molar-refractivity contribution in [2.75, 3.05) is 0 Å².